The first-order valence-electron chi connectivity index (χ1n) is 6.13. The van der Waals surface area contributed by atoms with Crippen molar-refractivity contribution in [3.8, 4) is 0 Å². The highest BCUT2D eigenvalue weighted by molar-refractivity contribution is 7.18. The second-order valence-electron chi connectivity index (χ2n) is 4.75. The number of aromatic nitrogens is 2. The maximum atomic E-state index is 5.75. The van der Waals surface area contributed by atoms with Crippen molar-refractivity contribution in [2.75, 3.05) is 18.5 Å². The molecule has 1 unspecified atom stereocenters. The van der Waals surface area contributed by atoms with Gasteiger partial charge in [0.15, 0.2) is 0 Å². The van der Waals surface area contributed by atoms with Crippen molar-refractivity contribution in [2.45, 2.75) is 33.7 Å². The molecule has 2 aromatic rings. The highest BCUT2D eigenvalue weighted by atomic mass is 32.1. The number of nitrogens with zero attached hydrogens (tertiary/aromatic N) is 3. The van der Waals surface area contributed by atoms with Crippen LogP contribution in [0.5, 0.6) is 0 Å². The van der Waals surface area contributed by atoms with E-state index in [0.29, 0.717) is 6.54 Å². The van der Waals surface area contributed by atoms with Crippen LogP contribution in [-0.2, 0) is 0 Å². The molecular formula is C13H20N4S. The van der Waals surface area contributed by atoms with E-state index < -0.39 is 0 Å². The van der Waals surface area contributed by atoms with E-state index in [1.54, 1.807) is 11.3 Å². The molecule has 2 aromatic heterocycles. The molecule has 1 atom stereocenters. The lowest BCUT2D eigenvalue weighted by atomic mass is 10.2. The van der Waals surface area contributed by atoms with Crippen LogP contribution in [0.3, 0.4) is 0 Å². The van der Waals surface area contributed by atoms with E-state index in [0.717, 1.165) is 16.5 Å². The molecular weight excluding hydrogens is 244 g/mol. The lowest BCUT2D eigenvalue weighted by Gasteiger charge is -2.25. The molecule has 18 heavy (non-hydrogen) atoms. The van der Waals surface area contributed by atoms with Gasteiger partial charge in [-0.2, -0.15) is 0 Å². The first kappa shape index (κ1) is 13.2. The van der Waals surface area contributed by atoms with Gasteiger partial charge < -0.3 is 10.6 Å². The average molecular weight is 264 g/mol. The number of nitrogens with two attached hydrogens (primary N) is 1. The van der Waals surface area contributed by atoms with Crippen LogP contribution >= 0.6 is 11.3 Å². The Hall–Kier alpha value is -1.20. The SMILES string of the molecule is Cc1nc(N(C)C(C)CN)c2c(C)c(C)sc2n1. The molecule has 0 fully saturated rings. The number of aryl methyl sites for hydroxylation is 3. The molecule has 0 saturated carbocycles. The Balaban J connectivity index is 2.68. The van der Waals surface area contributed by atoms with Crippen molar-refractivity contribution < 1.29 is 0 Å². The molecule has 0 saturated heterocycles. The van der Waals surface area contributed by atoms with Gasteiger partial charge in [-0.25, -0.2) is 9.97 Å². The number of hydrogen-bond donors (Lipinski definition) is 1. The minimum absolute atomic E-state index is 0.266. The topological polar surface area (TPSA) is 55.0 Å². The summed E-state index contributed by atoms with van der Waals surface area (Å²) in [6, 6.07) is 0.266. The highest BCUT2D eigenvalue weighted by Crippen LogP contribution is 2.34. The van der Waals surface area contributed by atoms with Crippen LogP contribution in [0.2, 0.25) is 0 Å². The lowest BCUT2D eigenvalue weighted by Crippen LogP contribution is -2.36. The summed E-state index contributed by atoms with van der Waals surface area (Å²) < 4.78 is 0. The molecule has 2 rings (SSSR count). The van der Waals surface area contributed by atoms with E-state index in [9.17, 15) is 0 Å². The summed E-state index contributed by atoms with van der Waals surface area (Å²) in [5.74, 6) is 1.81. The standard InChI is InChI=1S/C13H20N4S/c1-7(6-14)17(5)12-11-8(2)9(3)18-13(11)16-10(4)15-12/h7H,6,14H2,1-5H3. The van der Waals surface area contributed by atoms with Crippen LogP contribution < -0.4 is 10.6 Å². The summed E-state index contributed by atoms with van der Waals surface area (Å²) in [7, 11) is 2.05. The summed E-state index contributed by atoms with van der Waals surface area (Å²) >= 11 is 1.73. The first-order chi connectivity index (χ1) is 8.45. The van der Waals surface area contributed by atoms with Gasteiger partial charge in [0.1, 0.15) is 16.5 Å². The number of fused-ring (bicyclic) bond motifs is 1. The summed E-state index contributed by atoms with van der Waals surface area (Å²) in [6.07, 6.45) is 0. The molecule has 0 aliphatic carbocycles. The maximum absolute atomic E-state index is 5.75. The van der Waals surface area contributed by atoms with Crippen molar-refractivity contribution in [1.82, 2.24) is 9.97 Å². The van der Waals surface area contributed by atoms with E-state index in [4.69, 9.17) is 5.73 Å². The summed E-state index contributed by atoms with van der Waals surface area (Å²) in [5.41, 5.74) is 7.03. The number of hydrogen-bond acceptors (Lipinski definition) is 5. The molecule has 0 aromatic carbocycles. The van der Waals surface area contributed by atoms with Gasteiger partial charge in [-0.05, 0) is 33.3 Å². The predicted molar refractivity (Wildman–Crippen MR) is 78.5 cm³/mol. The molecule has 98 valence electrons. The molecule has 2 N–H and O–H groups in total. The van der Waals surface area contributed by atoms with E-state index in [1.807, 2.05) is 14.0 Å². The molecule has 4 nitrogen and oxygen atoms in total. The summed E-state index contributed by atoms with van der Waals surface area (Å²) in [4.78, 5) is 13.7. The van der Waals surface area contributed by atoms with E-state index in [1.165, 1.54) is 15.8 Å². The average Bonchev–Trinajstić information content (AvgIpc) is 2.62. The largest absolute Gasteiger partial charge is 0.355 e. The first-order valence-corrected chi connectivity index (χ1v) is 6.94. The third-order valence-corrected chi connectivity index (χ3v) is 4.56. The second-order valence-corrected chi connectivity index (χ2v) is 5.96. The quantitative estimate of drug-likeness (QED) is 0.925. The fraction of sp³-hybridized carbons (Fsp3) is 0.538. The predicted octanol–water partition coefficient (Wildman–Crippen LogP) is 2.40. The molecule has 2 heterocycles. The summed E-state index contributed by atoms with van der Waals surface area (Å²) in [6.45, 7) is 8.93. The second kappa shape index (κ2) is 4.82. The van der Waals surface area contributed by atoms with Gasteiger partial charge in [0.2, 0.25) is 0 Å². The Morgan fingerprint density at radius 3 is 2.56 bits per heavy atom. The minimum Gasteiger partial charge on any atom is -0.355 e. The van der Waals surface area contributed by atoms with Gasteiger partial charge in [0.05, 0.1) is 5.39 Å². The maximum Gasteiger partial charge on any atom is 0.141 e. The van der Waals surface area contributed by atoms with Gasteiger partial charge in [0, 0.05) is 24.5 Å². The molecule has 0 bridgehead atoms. The smallest absolute Gasteiger partial charge is 0.141 e. The Morgan fingerprint density at radius 1 is 1.28 bits per heavy atom. The number of rotatable bonds is 3. The molecule has 5 heteroatoms. The molecule has 0 amide bonds. The van der Waals surface area contributed by atoms with E-state index in [-0.39, 0.29) is 6.04 Å². The number of likely N-dealkylation sites (N-methyl/N-ethyl adjacent to an activating group) is 1. The fourth-order valence-corrected chi connectivity index (χ4v) is 3.02. The van der Waals surface area contributed by atoms with Gasteiger partial charge in [-0.1, -0.05) is 0 Å². The van der Waals surface area contributed by atoms with Gasteiger partial charge in [0.25, 0.3) is 0 Å². The number of anilines is 1. The van der Waals surface area contributed by atoms with Crippen molar-refractivity contribution in [3.05, 3.63) is 16.3 Å². The number of thiophene rings is 1. The molecule has 0 aliphatic heterocycles. The minimum atomic E-state index is 0.266. The van der Waals surface area contributed by atoms with Crippen molar-refractivity contribution >= 4 is 27.4 Å². The van der Waals surface area contributed by atoms with Crippen LogP contribution in [0.15, 0.2) is 0 Å². The van der Waals surface area contributed by atoms with Gasteiger partial charge >= 0.3 is 0 Å². The van der Waals surface area contributed by atoms with E-state index in [2.05, 4.69) is 35.6 Å². The van der Waals surface area contributed by atoms with Crippen LogP contribution in [0.1, 0.15) is 23.2 Å². The van der Waals surface area contributed by atoms with Gasteiger partial charge in [-0.3, -0.25) is 0 Å². The Kier molecular flexibility index (Phi) is 3.54. The molecule has 0 spiro atoms. The van der Waals surface area contributed by atoms with Crippen molar-refractivity contribution in [3.63, 3.8) is 0 Å². The van der Waals surface area contributed by atoms with Crippen LogP contribution in [-0.4, -0.2) is 29.6 Å². The Bertz CT molecular complexity index is 576. The Labute approximate surface area is 112 Å². The molecule has 0 radical (unpaired) electrons. The highest BCUT2D eigenvalue weighted by Gasteiger charge is 2.18. The zero-order chi connectivity index (χ0) is 13.4. The lowest BCUT2D eigenvalue weighted by molar-refractivity contribution is 0.688. The van der Waals surface area contributed by atoms with Crippen LogP contribution in [0.4, 0.5) is 5.82 Å². The fourth-order valence-electron chi connectivity index (χ4n) is 1.95. The van der Waals surface area contributed by atoms with Crippen molar-refractivity contribution in [2.24, 2.45) is 5.73 Å². The zero-order valence-corrected chi connectivity index (χ0v) is 12.4. The summed E-state index contributed by atoms with van der Waals surface area (Å²) in [5, 5.41) is 1.17. The molecule has 0 aliphatic rings. The zero-order valence-electron chi connectivity index (χ0n) is 11.6. The van der Waals surface area contributed by atoms with Gasteiger partial charge in [-0.15, -0.1) is 11.3 Å². The van der Waals surface area contributed by atoms with Crippen LogP contribution in [0.25, 0.3) is 10.2 Å². The monoisotopic (exact) mass is 264 g/mol. The third kappa shape index (κ3) is 2.08. The normalized spacial score (nSPS) is 13.0. The third-order valence-electron chi connectivity index (χ3n) is 3.46. The Morgan fingerprint density at radius 2 is 1.94 bits per heavy atom. The van der Waals surface area contributed by atoms with Crippen molar-refractivity contribution in [1.29, 1.82) is 0 Å². The van der Waals surface area contributed by atoms with Crippen LogP contribution in [0, 0.1) is 20.8 Å². The van der Waals surface area contributed by atoms with E-state index >= 15 is 0 Å².